The van der Waals surface area contributed by atoms with E-state index in [9.17, 15) is 4.79 Å². The predicted molar refractivity (Wildman–Crippen MR) is 120 cm³/mol. The fourth-order valence-corrected chi connectivity index (χ4v) is 4.28. The molecule has 1 aliphatic carbocycles. The van der Waals surface area contributed by atoms with Gasteiger partial charge >= 0.3 is 0 Å². The summed E-state index contributed by atoms with van der Waals surface area (Å²) in [7, 11) is 0. The van der Waals surface area contributed by atoms with Crippen LogP contribution in [0.15, 0.2) is 48.9 Å². The highest BCUT2D eigenvalue weighted by atomic mass is 35.5. The Morgan fingerprint density at radius 1 is 1.16 bits per heavy atom. The van der Waals surface area contributed by atoms with Crippen LogP contribution in [-0.4, -0.2) is 35.2 Å². The SMILES string of the molecule is O=C(Nc1cccc(-c2nnc3n2CCC3)n1)c1ccc(Cl)c(-n2cnc(C3CC3)c2)c1. The highest BCUT2D eigenvalue weighted by Crippen LogP contribution is 2.39. The molecule has 1 fully saturated rings. The van der Waals surface area contributed by atoms with Gasteiger partial charge in [-0.2, -0.15) is 0 Å². The molecule has 3 aromatic heterocycles. The lowest BCUT2D eigenvalue weighted by Gasteiger charge is -2.10. The van der Waals surface area contributed by atoms with E-state index in [-0.39, 0.29) is 5.91 Å². The first-order valence-corrected chi connectivity index (χ1v) is 11.1. The Morgan fingerprint density at radius 3 is 2.94 bits per heavy atom. The summed E-state index contributed by atoms with van der Waals surface area (Å²) in [6, 6.07) is 10.7. The number of benzene rings is 1. The number of nitrogens with zero attached hydrogens (tertiary/aromatic N) is 6. The summed E-state index contributed by atoms with van der Waals surface area (Å²) in [6.07, 6.45) is 8.09. The zero-order valence-corrected chi connectivity index (χ0v) is 18.0. The number of rotatable bonds is 5. The van der Waals surface area contributed by atoms with E-state index < -0.39 is 0 Å². The van der Waals surface area contributed by atoms with Crippen molar-refractivity contribution in [2.75, 3.05) is 5.32 Å². The lowest BCUT2D eigenvalue weighted by molar-refractivity contribution is 0.102. The van der Waals surface area contributed by atoms with Crippen molar-refractivity contribution in [3.8, 4) is 17.2 Å². The molecule has 0 saturated heterocycles. The molecule has 8 nitrogen and oxygen atoms in total. The predicted octanol–water partition coefficient (Wildman–Crippen LogP) is 4.26. The average molecular weight is 446 g/mol. The zero-order chi connectivity index (χ0) is 21.7. The van der Waals surface area contributed by atoms with Gasteiger partial charge in [0.25, 0.3) is 5.91 Å². The topological polar surface area (TPSA) is 90.5 Å². The van der Waals surface area contributed by atoms with Crippen LogP contribution in [0.4, 0.5) is 5.82 Å². The molecule has 1 N–H and O–H groups in total. The van der Waals surface area contributed by atoms with Gasteiger partial charge in [0.05, 0.1) is 22.7 Å². The molecule has 6 rings (SSSR count). The Hall–Kier alpha value is -3.52. The maximum Gasteiger partial charge on any atom is 0.256 e. The minimum atomic E-state index is -0.262. The second-order valence-electron chi connectivity index (χ2n) is 8.20. The molecule has 0 radical (unpaired) electrons. The van der Waals surface area contributed by atoms with Crippen molar-refractivity contribution >= 4 is 23.3 Å². The Kier molecular flexibility index (Phi) is 4.53. The number of amides is 1. The lowest BCUT2D eigenvalue weighted by Crippen LogP contribution is -2.14. The van der Waals surface area contributed by atoms with Crippen LogP contribution < -0.4 is 5.32 Å². The van der Waals surface area contributed by atoms with Gasteiger partial charge in [-0.3, -0.25) is 4.79 Å². The fraction of sp³-hybridized carbons (Fsp3) is 0.261. The maximum atomic E-state index is 13.0. The molecule has 1 aliphatic heterocycles. The van der Waals surface area contributed by atoms with E-state index in [1.807, 2.05) is 22.9 Å². The van der Waals surface area contributed by atoms with Gasteiger partial charge in [-0.15, -0.1) is 10.2 Å². The summed E-state index contributed by atoms with van der Waals surface area (Å²) in [5.74, 6) is 2.45. The Labute approximate surface area is 189 Å². The summed E-state index contributed by atoms with van der Waals surface area (Å²) >= 11 is 6.42. The monoisotopic (exact) mass is 445 g/mol. The number of nitrogens with one attached hydrogen (secondary N) is 1. The standard InChI is InChI=1S/C23H20ClN7O/c24-16-9-8-15(11-19(16)30-12-18(25-13-30)14-6-7-14)23(32)27-20-4-1-3-17(26-20)22-29-28-21-5-2-10-31(21)22/h1,3-4,8-9,11-14H,2,5-7,10H2,(H,26,27,32). The van der Waals surface area contributed by atoms with Gasteiger partial charge in [0.15, 0.2) is 5.82 Å². The summed E-state index contributed by atoms with van der Waals surface area (Å²) in [6.45, 7) is 0.889. The molecule has 1 amide bonds. The molecule has 0 atom stereocenters. The number of aryl methyl sites for hydroxylation is 1. The number of hydrogen-bond donors (Lipinski definition) is 1. The van der Waals surface area contributed by atoms with Crippen molar-refractivity contribution in [2.24, 2.45) is 0 Å². The summed E-state index contributed by atoms with van der Waals surface area (Å²) < 4.78 is 3.96. The zero-order valence-electron chi connectivity index (χ0n) is 17.2. The van der Waals surface area contributed by atoms with Crippen molar-refractivity contribution in [3.63, 3.8) is 0 Å². The van der Waals surface area contributed by atoms with Gasteiger partial charge in [0.2, 0.25) is 0 Å². The second-order valence-corrected chi connectivity index (χ2v) is 8.61. The number of imidazole rings is 1. The van der Waals surface area contributed by atoms with Crippen LogP contribution in [-0.2, 0) is 13.0 Å². The van der Waals surface area contributed by atoms with Gasteiger partial charge in [0.1, 0.15) is 17.3 Å². The average Bonchev–Trinajstić information content (AvgIpc) is 3.19. The Balaban J connectivity index is 1.25. The minimum Gasteiger partial charge on any atom is -0.310 e. The van der Waals surface area contributed by atoms with Gasteiger partial charge in [-0.25, -0.2) is 9.97 Å². The molecule has 4 aromatic rings. The lowest BCUT2D eigenvalue weighted by atomic mass is 10.2. The fourth-order valence-electron chi connectivity index (χ4n) is 4.07. The van der Waals surface area contributed by atoms with E-state index in [1.165, 1.54) is 12.8 Å². The molecule has 2 aliphatic rings. The van der Waals surface area contributed by atoms with Crippen LogP contribution in [0.5, 0.6) is 0 Å². The Bertz CT molecular complexity index is 1340. The number of hydrogen-bond acceptors (Lipinski definition) is 5. The number of aromatic nitrogens is 6. The number of halogens is 1. The smallest absolute Gasteiger partial charge is 0.256 e. The van der Waals surface area contributed by atoms with E-state index in [4.69, 9.17) is 11.6 Å². The van der Waals surface area contributed by atoms with Crippen molar-refractivity contribution < 1.29 is 4.79 Å². The number of fused-ring (bicyclic) bond motifs is 1. The van der Waals surface area contributed by atoms with Crippen LogP contribution >= 0.6 is 11.6 Å². The first-order chi connectivity index (χ1) is 15.7. The number of anilines is 1. The molecule has 0 unspecified atom stereocenters. The quantitative estimate of drug-likeness (QED) is 0.495. The Morgan fingerprint density at radius 2 is 2.06 bits per heavy atom. The van der Waals surface area contributed by atoms with Crippen LogP contribution in [0, 0.1) is 0 Å². The van der Waals surface area contributed by atoms with E-state index in [1.54, 1.807) is 30.6 Å². The highest BCUT2D eigenvalue weighted by molar-refractivity contribution is 6.32. The van der Waals surface area contributed by atoms with E-state index in [0.29, 0.717) is 28.0 Å². The van der Waals surface area contributed by atoms with Crippen LogP contribution in [0.2, 0.25) is 5.02 Å². The maximum absolute atomic E-state index is 13.0. The summed E-state index contributed by atoms with van der Waals surface area (Å²) in [5, 5.41) is 12.0. The van der Waals surface area contributed by atoms with Crippen LogP contribution in [0.1, 0.15) is 47.1 Å². The van der Waals surface area contributed by atoms with Crippen molar-refractivity contribution in [1.29, 1.82) is 0 Å². The third-order valence-electron chi connectivity index (χ3n) is 5.91. The molecular weight excluding hydrogens is 426 g/mol. The molecule has 1 saturated carbocycles. The largest absolute Gasteiger partial charge is 0.310 e. The number of carbonyl (C=O) groups is 1. The van der Waals surface area contributed by atoms with Crippen molar-refractivity contribution in [2.45, 2.75) is 38.1 Å². The van der Waals surface area contributed by atoms with Crippen LogP contribution in [0.3, 0.4) is 0 Å². The number of carbonyl (C=O) groups excluding carboxylic acids is 1. The van der Waals surface area contributed by atoms with Crippen molar-refractivity contribution in [1.82, 2.24) is 29.3 Å². The number of pyridine rings is 1. The molecular formula is C23H20ClN7O. The van der Waals surface area contributed by atoms with E-state index in [2.05, 4.69) is 30.0 Å². The first-order valence-electron chi connectivity index (χ1n) is 10.7. The van der Waals surface area contributed by atoms with Crippen molar-refractivity contribution in [3.05, 3.63) is 71.0 Å². The molecule has 32 heavy (non-hydrogen) atoms. The molecule has 1 aromatic carbocycles. The molecule has 0 spiro atoms. The second kappa shape index (κ2) is 7.56. The molecule has 9 heteroatoms. The summed E-state index contributed by atoms with van der Waals surface area (Å²) in [5.41, 5.74) is 2.96. The van der Waals surface area contributed by atoms with Crippen LogP contribution in [0.25, 0.3) is 17.2 Å². The molecule has 160 valence electrons. The third-order valence-corrected chi connectivity index (χ3v) is 6.23. The minimum absolute atomic E-state index is 0.262. The van der Waals surface area contributed by atoms with E-state index in [0.717, 1.165) is 42.4 Å². The highest BCUT2D eigenvalue weighted by Gasteiger charge is 2.26. The van der Waals surface area contributed by atoms with E-state index >= 15 is 0 Å². The molecule has 0 bridgehead atoms. The first kappa shape index (κ1) is 19.2. The molecule has 4 heterocycles. The van der Waals surface area contributed by atoms with Gasteiger partial charge in [-0.05, 0) is 49.6 Å². The van der Waals surface area contributed by atoms with Gasteiger partial charge in [0, 0.05) is 30.6 Å². The third kappa shape index (κ3) is 3.46. The summed E-state index contributed by atoms with van der Waals surface area (Å²) in [4.78, 5) is 22.0. The normalized spacial score (nSPS) is 15.0. The van der Waals surface area contributed by atoms with Gasteiger partial charge in [-0.1, -0.05) is 17.7 Å². The van der Waals surface area contributed by atoms with Gasteiger partial charge < -0.3 is 14.5 Å².